The molecule has 1 aliphatic rings. The standard InChI is InChI=1S/C12H20N4O2/c1-12(2)8-16(6-9(7-17)18-12)11-5-3-4-10(14-11)15-13/h3-5,9,17H,6-8,13H2,1-2H3,(H,14,15). The van der Waals surface area contributed by atoms with Gasteiger partial charge in [0.2, 0.25) is 0 Å². The highest BCUT2D eigenvalue weighted by molar-refractivity contribution is 5.47. The summed E-state index contributed by atoms with van der Waals surface area (Å²) in [5.41, 5.74) is 2.23. The smallest absolute Gasteiger partial charge is 0.142 e. The summed E-state index contributed by atoms with van der Waals surface area (Å²) in [5, 5.41) is 9.28. The minimum Gasteiger partial charge on any atom is -0.394 e. The molecule has 1 unspecified atom stereocenters. The van der Waals surface area contributed by atoms with Gasteiger partial charge in [0, 0.05) is 13.1 Å². The summed E-state index contributed by atoms with van der Waals surface area (Å²) in [4.78, 5) is 6.50. The van der Waals surface area contributed by atoms with E-state index in [0.29, 0.717) is 12.4 Å². The number of hydrogen-bond acceptors (Lipinski definition) is 6. The second-order valence-electron chi connectivity index (χ2n) is 5.09. The number of nitrogens with one attached hydrogen (secondary N) is 1. The van der Waals surface area contributed by atoms with Gasteiger partial charge < -0.3 is 20.2 Å². The van der Waals surface area contributed by atoms with E-state index in [1.54, 1.807) is 6.07 Å². The molecule has 1 fully saturated rings. The van der Waals surface area contributed by atoms with Gasteiger partial charge >= 0.3 is 0 Å². The third-order valence-corrected chi connectivity index (χ3v) is 2.89. The highest BCUT2D eigenvalue weighted by Gasteiger charge is 2.33. The summed E-state index contributed by atoms with van der Waals surface area (Å²) >= 11 is 0. The van der Waals surface area contributed by atoms with Crippen LogP contribution in [0.1, 0.15) is 13.8 Å². The minimum atomic E-state index is -0.306. The van der Waals surface area contributed by atoms with Gasteiger partial charge in [0.1, 0.15) is 11.6 Å². The van der Waals surface area contributed by atoms with E-state index in [1.807, 2.05) is 26.0 Å². The average molecular weight is 252 g/mol. The molecule has 6 heteroatoms. The Bertz CT molecular complexity index is 411. The van der Waals surface area contributed by atoms with Crippen molar-refractivity contribution in [3.8, 4) is 0 Å². The number of aliphatic hydroxyl groups excluding tert-OH is 1. The lowest BCUT2D eigenvalue weighted by atomic mass is 10.1. The van der Waals surface area contributed by atoms with E-state index in [-0.39, 0.29) is 18.3 Å². The van der Waals surface area contributed by atoms with Gasteiger partial charge in [0.25, 0.3) is 0 Å². The first-order chi connectivity index (χ1) is 8.54. The Hall–Kier alpha value is -1.37. The second-order valence-corrected chi connectivity index (χ2v) is 5.09. The average Bonchev–Trinajstić information content (AvgIpc) is 2.37. The molecule has 2 heterocycles. The summed E-state index contributed by atoms with van der Waals surface area (Å²) in [5.74, 6) is 6.82. The number of rotatable bonds is 3. The number of ether oxygens (including phenoxy) is 1. The van der Waals surface area contributed by atoms with Crippen LogP contribution in [0, 0.1) is 0 Å². The van der Waals surface area contributed by atoms with E-state index in [4.69, 9.17) is 10.6 Å². The normalized spacial score (nSPS) is 22.9. The molecule has 100 valence electrons. The molecule has 0 saturated carbocycles. The van der Waals surface area contributed by atoms with Gasteiger partial charge in [0.05, 0.1) is 18.3 Å². The van der Waals surface area contributed by atoms with Crippen LogP contribution in [0.5, 0.6) is 0 Å². The number of hydrogen-bond donors (Lipinski definition) is 3. The maximum atomic E-state index is 9.28. The molecule has 0 spiro atoms. The van der Waals surface area contributed by atoms with Crippen LogP contribution in [0.25, 0.3) is 0 Å². The van der Waals surface area contributed by atoms with E-state index >= 15 is 0 Å². The van der Waals surface area contributed by atoms with Gasteiger partial charge in [-0.15, -0.1) is 0 Å². The van der Waals surface area contributed by atoms with Gasteiger partial charge in [-0.3, -0.25) is 0 Å². The molecule has 4 N–H and O–H groups in total. The van der Waals surface area contributed by atoms with Gasteiger partial charge in [-0.25, -0.2) is 10.8 Å². The molecular formula is C12H20N4O2. The molecule has 1 aromatic rings. The summed E-state index contributed by atoms with van der Waals surface area (Å²) in [6, 6.07) is 5.63. The predicted octanol–water partition coefficient (Wildman–Crippen LogP) is 0.343. The van der Waals surface area contributed by atoms with E-state index in [9.17, 15) is 5.11 Å². The fourth-order valence-corrected chi connectivity index (χ4v) is 2.25. The number of aromatic nitrogens is 1. The third kappa shape index (κ3) is 2.90. The molecule has 1 aliphatic heterocycles. The Morgan fingerprint density at radius 3 is 3.06 bits per heavy atom. The third-order valence-electron chi connectivity index (χ3n) is 2.89. The van der Waals surface area contributed by atoms with Crippen LogP contribution in [0.2, 0.25) is 0 Å². The molecule has 6 nitrogen and oxygen atoms in total. The van der Waals surface area contributed by atoms with E-state index in [1.165, 1.54) is 0 Å². The van der Waals surface area contributed by atoms with Crippen LogP contribution in [0.15, 0.2) is 18.2 Å². The van der Waals surface area contributed by atoms with Crippen LogP contribution < -0.4 is 16.2 Å². The highest BCUT2D eigenvalue weighted by atomic mass is 16.5. The van der Waals surface area contributed by atoms with Crippen molar-refractivity contribution in [2.24, 2.45) is 5.84 Å². The Morgan fingerprint density at radius 1 is 1.61 bits per heavy atom. The Balaban J connectivity index is 2.20. The fraction of sp³-hybridized carbons (Fsp3) is 0.583. The van der Waals surface area contributed by atoms with Gasteiger partial charge in [-0.2, -0.15) is 0 Å². The molecule has 1 aromatic heterocycles. The van der Waals surface area contributed by atoms with Gasteiger partial charge in [0.15, 0.2) is 0 Å². The first-order valence-electron chi connectivity index (χ1n) is 6.01. The molecule has 0 radical (unpaired) electrons. The molecular weight excluding hydrogens is 232 g/mol. The van der Waals surface area contributed by atoms with Crippen LogP contribution in [-0.2, 0) is 4.74 Å². The fourth-order valence-electron chi connectivity index (χ4n) is 2.25. The minimum absolute atomic E-state index is 0.00869. The number of morpholine rings is 1. The lowest BCUT2D eigenvalue weighted by molar-refractivity contribution is -0.101. The first kappa shape index (κ1) is 13.1. The van der Waals surface area contributed by atoms with Crippen molar-refractivity contribution < 1.29 is 9.84 Å². The summed E-state index contributed by atoms with van der Waals surface area (Å²) in [6.07, 6.45) is -0.190. The maximum Gasteiger partial charge on any atom is 0.142 e. The zero-order valence-electron chi connectivity index (χ0n) is 10.8. The number of anilines is 2. The molecule has 1 saturated heterocycles. The second kappa shape index (κ2) is 5.09. The zero-order valence-corrected chi connectivity index (χ0v) is 10.8. The Kier molecular flexibility index (Phi) is 3.70. The summed E-state index contributed by atoms with van der Waals surface area (Å²) in [7, 11) is 0. The van der Waals surface area contributed by atoms with Gasteiger partial charge in [-0.1, -0.05) is 6.07 Å². The molecule has 18 heavy (non-hydrogen) atoms. The highest BCUT2D eigenvalue weighted by Crippen LogP contribution is 2.25. The van der Waals surface area contributed by atoms with Crippen LogP contribution >= 0.6 is 0 Å². The molecule has 2 rings (SSSR count). The van der Waals surface area contributed by atoms with Crippen molar-refractivity contribution in [2.45, 2.75) is 25.6 Å². The molecule has 0 aliphatic carbocycles. The number of hydrazine groups is 1. The van der Waals surface area contributed by atoms with E-state index < -0.39 is 0 Å². The van der Waals surface area contributed by atoms with Crippen molar-refractivity contribution in [1.82, 2.24) is 4.98 Å². The quantitative estimate of drug-likeness (QED) is 0.531. The first-order valence-corrected chi connectivity index (χ1v) is 6.01. The summed E-state index contributed by atoms with van der Waals surface area (Å²) < 4.78 is 5.77. The van der Waals surface area contributed by atoms with E-state index in [0.717, 1.165) is 12.4 Å². The van der Waals surface area contributed by atoms with Gasteiger partial charge in [-0.05, 0) is 26.0 Å². The lowest BCUT2D eigenvalue weighted by Crippen LogP contribution is -2.54. The van der Waals surface area contributed by atoms with Crippen molar-refractivity contribution >= 4 is 11.6 Å². The number of nitrogens with zero attached hydrogens (tertiary/aromatic N) is 2. The largest absolute Gasteiger partial charge is 0.394 e. The zero-order chi connectivity index (χ0) is 13.2. The van der Waals surface area contributed by atoms with Crippen molar-refractivity contribution in [3.63, 3.8) is 0 Å². The van der Waals surface area contributed by atoms with Crippen molar-refractivity contribution in [3.05, 3.63) is 18.2 Å². The SMILES string of the molecule is CC1(C)CN(c2cccc(NN)n2)CC(CO)O1. The molecule has 0 bridgehead atoms. The van der Waals surface area contributed by atoms with Crippen molar-refractivity contribution in [1.29, 1.82) is 0 Å². The Labute approximate surface area is 107 Å². The number of nitrogens with two attached hydrogens (primary N) is 1. The topological polar surface area (TPSA) is 83.6 Å². The van der Waals surface area contributed by atoms with Crippen LogP contribution in [0.4, 0.5) is 11.6 Å². The van der Waals surface area contributed by atoms with E-state index in [2.05, 4.69) is 15.3 Å². The Morgan fingerprint density at radius 2 is 2.39 bits per heavy atom. The molecule has 0 amide bonds. The maximum absolute atomic E-state index is 9.28. The van der Waals surface area contributed by atoms with Crippen LogP contribution in [-0.4, -0.2) is 41.5 Å². The van der Waals surface area contributed by atoms with Crippen LogP contribution in [0.3, 0.4) is 0 Å². The lowest BCUT2D eigenvalue weighted by Gasteiger charge is -2.42. The van der Waals surface area contributed by atoms with Crippen molar-refractivity contribution in [2.75, 3.05) is 30.0 Å². The number of nitrogen functional groups attached to an aromatic ring is 1. The molecule has 1 atom stereocenters. The number of aliphatic hydroxyl groups is 1. The summed E-state index contributed by atoms with van der Waals surface area (Å²) in [6.45, 7) is 5.37. The predicted molar refractivity (Wildman–Crippen MR) is 70.3 cm³/mol. The number of pyridine rings is 1. The monoisotopic (exact) mass is 252 g/mol. The molecule has 0 aromatic carbocycles.